The zero-order valence-electron chi connectivity index (χ0n) is 10.8. The molecule has 0 aromatic carbocycles. The quantitative estimate of drug-likeness (QED) is 0.832. The average molecular weight is 221 g/mol. The number of anilines is 1. The lowest BCUT2D eigenvalue weighted by Gasteiger charge is -2.34. The highest BCUT2D eigenvalue weighted by atomic mass is 15.2. The number of imidazole rings is 1. The second-order valence-electron chi connectivity index (χ2n) is 5.33. The highest BCUT2D eigenvalue weighted by Gasteiger charge is 2.27. The number of rotatable bonds is 2. The molecule has 1 fully saturated rings. The maximum atomic E-state index is 4.52. The Morgan fingerprint density at radius 2 is 2.12 bits per heavy atom. The predicted octanol–water partition coefficient (Wildman–Crippen LogP) is 2.97. The summed E-state index contributed by atoms with van der Waals surface area (Å²) in [5.74, 6) is 2.59. The minimum Gasteiger partial charge on any atom is -0.353 e. The average Bonchev–Trinajstić information content (AvgIpc) is 2.53. The Morgan fingerprint density at radius 1 is 1.38 bits per heavy atom. The molecule has 0 radical (unpaired) electrons. The SMILES string of the molecule is Cc1cn(C)c(NC2CCCC(C)C2C)n1. The van der Waals surface area contributed by atoms with Crippen LogP contribution in [0.15, 0.2) is 6.20 Å². The maximum Gasteiger partial charge on any atom is 0.203 e. The Hall–Kier alpha value is -0.990. The Morgan fingerprint density at radius 3 is 2.75 bits per heavy atom. The third-order valence-corrected chi connectivity index (χ3v) is 4.02. The van der Waals surface area contributed by atoms with Crippen LogP contribution in [0.2, 0.25) is 0 Å². The standard InChI is InChI=1S/C13H23N3/c1-9-6-5-7-12(11(9)3)15-13-14-10(2)8-16(13)4/h8-9,11-12H,5-7H2,1-4H3,(H,14,15). The molecule has 90 valence electrons. The summed E-state index contributed by atoms with van der Waals surface area (Å²) in [5, 5.41) is 3.60. The Balaban J connectivity index is 2.06. The van der Waals surface area contributed by atoms with Gasteiger partial charge in [0.15, 0.2) is 0 Å². The normalized spacial score (nSPS) is 30.4. The first-order chi connectivity index (χ1) is 7.58. The van der Waals surface area contributed by atoms with Crippen LogP contribution in [0, 0.1) is 18.8 Å². The van der Waals surface area contributed by atoms with Crippen molar-refractivity contribution in [1.82, 2.24) is 9.55 Å². The smallest absolute Gasteiger partial charge is 0.203 e. The molecule has 0 spiro atoms. The third-order valence-electron chi connectivity index (χ3n) is 4.02. The highest BCUT2D eigenvalue weighted by Crippen LogP contribution is 2.31. The second-order valence-corrected chi connectivity index (χ2v) is 5.33. The van der Waals surface area contributed by atoms with Gasteiger partial charge in [-0.2, -0.15) is 0 Å². The van der Waals surface area contributed by atoms with Gasteiger partial charge in [-0.15, -0.1) is 0 Å². The van der Waals surface area contributed by atoms with Gasteiger partial charge in [0, 0.05) is 19.3 Å². The molecule has 1 aliphatic rings. The van der Waals surface area contributed by atoms with Crippen LogP contribution >= 0.6 is 0 Å². The monoisotopic (exact) mass is 221 g/mol. The first kappa shape index (κ1) is 11.5. The molecule has 1 heterocycles. The van der Waals surface area contributed by atoms with E-state index >= 15 is 0 Å². The van der Waals surface area contributed by atoms with Crippen molar-refractivity contribution in [3.8, 4) is 0 Å². The van der Waals surface area contributed by atoms with Gasteiger partial charge in [0.2, 0.25) is 5.95 Å². The van der Waals surface area contributed by atoms with Crippen molar-refractivity contribution in [3.63, 3.8) is 0 Å². The van der Waals surface area contributed by atoms with E-state index in [1.807, 2.05) is 6.92 Å². The molecule has 0 amide bonds. The number of aromatic nitrogens is 2. The molecule has 3 nitrogen and oxygen atoms in total. The number of hydrogen-bond donors (Lipinski definition) is 1. The summed E-state index contributed by atoms with van der Waals surface area (Å²) in [5.41, 5.74) is 1.08. The van der Waals surface area contributed by atoms with Gasteiger partial charge in [-0.05, 0) is 25.2 Å². The third kappa shape index (κ3) is 2.23. The predicted molar refractivity (Wildman–Crippen MR) is 67.5 cm³/mol. The summed E-state index contributed by atoms with van der Waals surface area (Å²) < 4.78 is 2.08. The summed E-state index contributed by atoms with van der Waals surface area (Å²) in [7, 11) is 2.05. The van der Waals surface area contributed by atoms with Crippen LogP contribution in [0.1, 0.15) is 38.8 Å². The van der Waals surface area contributed by atoms with Crippen LogP contribution in [0.4, 0.5) is 5.95 Å². The molecule has 2 rings (SSSR count). The van der Waals surface area contributed by atoms with Crippen LogP contribution in [-0.2, 0) is 7.05 Å². The molecule has 3 heteroatoms. The van der Waals surface area contributed by atoms with Crippen LogP contribution < -0.4 is 5.32 Å². The van der Waals surface area contributed by atoms with Crippen molar-refractivity contribution in [3.05, 3.63) is 11.9 Å². The molecule has 3 unspecified atom stereocenters. The van der Waals surface area contributed by atoms with Gasteiger partial charge in [-0.25, -0.2) is 4.98 Å². The Bertz CT molecular complexity index is 356. The molecular weight excluding hydrogens is 198 g/mol. The van der Waals surface area contributed by atoms with Gasteiger partial charge in [0.05, 0.1) is 5.69 Å². The van der Waals surface area contributed by atoms with E-state index < -0.39 is 0 Å². The van der Waals surface area contributed by atoms with Crippen LogP contribution in [0.5, 0.6) is 0 Å². The summed E-state index contributed by atoms with van der Waals surface area (Å²) in [6.45, 7) is 6.76. The van der Waals surface area contributed by atoms with E-state index in [4.69, 9.17) is 0 Å². The van der Waals surface area contributed by atoms with E-state index in [1.165, 1.54) is 19.3 Å². The van der Waals surface area contributed by atoms with E-state index in [0.717, 1.165) is 23.5 Å². The van der Waals surface area contributed by atoms with Crippen molar-refractivity contribution in [2.75, 3.05) is 5.32 Å². The van der Waals surface area contributed by atoms with Crippen LogP contribution in [-0.4, -0.2) is 15.6 Å². The fraction of sp³-hybridized carbons (Fsp3) is 0.769. The minimum absolute atomic E-state index is 0.587. The van der Waals surface area contributed by atoms with Crippen molar-refractivity contribution in [2.24, 2.45) is 18.9 Å². The lowest BCUT2D eigenvalue weighted by atomic mass is 9.78. The number of nitrogens with one attached hydrogen (secondary N) is 1. The van der Waals surface area contributed by atoms with E-state index in [1.54, 1.807) is 0 Å². The minimum atomic E-state index is 0.587. The number of aryl methyl sites for hydroxylation is 2. The first-order valence-electron chi connectivity index (χ1n) is 6.34. The summed E-state index contributed by atoms with van der Waals surface area (Å²) in [6.07, 6.45) is 6.06. The van der Waals surface area contributed by atoms with Crippen molar-refractivity contribution < 1.29 is 0 Å². The fourth-order valence-corrected chi connectivity index (χ4v) is 2.70. The van der Waals surface area contributed by atoms with E-state index in [0.29, 0.717) is 6.04 Å². The van der Waals surface area contributed by atoms with Gasteiger partial charge >= 0.3 is 0 Å². The Labute approximate surface area is 98.3 Å². The molecule has 1 N–H and O–H groups in total. The molecule has 3 atom stereocenters. The molecule has 0 aliphatic heterocycles. The highest BCUT2D eigenvalue weighted by molar-refractivity contribution is 5.30. The fourth-order valence-electron chi connectivity index (χ4n) is 2.70. The number of hydrogen-bond acceptors (Lipinski definition) is 2. The number of nitrogens with zero attached hydrogens (tertiary/aromatic N) is 2. The molecule has 0 bridgehead atoms. The van der Waals surface area contributed by atoms with Gasteiger partial charge in [0.25, 0.3) is 0 Å². The largest absolute Gasteiger partial charge is 0.353 e. The van der Waals surface area contributed by atoms with E-state index in [-0.39, 0.29) is 0 Å². The van der Waals surface area contributed by atoms with Gasteiger partial charge in [0.1, 0.15) is 0 Å². The zero-order chi connectivity index (χ0) is 11.7. The van der Waals surface area contributed by atoms with Crippen LogP contribution in [0.3, 0.4) is 0 Å². The molecular formula is C13H23N3. The molecule has 0 saturated heterocycles. The molecule has 16 heavy (non-hydrogen) atoms. The summed E-state index contributed by atoms with van der Waals surface area (Å²) in [4.78, 5) is 4.52. The summed E-state index contributed by atoms with van der Waals surface area (Å²) in [6, 6.07) is 0.587. The molecule has 1 aliphatic carbocycles. The second kappa shape index (κ2) is 4.48. The lowest BCUT2D eigenvalue weighted by Crippen LogP contribution is -2.35. The van der Waals surface area contributed by atoms with E-state index in [9.17, 15) is 0 Å². The van der Waals surface area contributed by atoms with Crippen molar-refractivity contribution in [2.45, 2.75) is 46.1 Å². The van der Waals surface area contributed by atoms with Crippen molar-refractivity contribution >= 4 is 5.95 Å². The van der Waals surface area contributed by atoms with Crippen molar-refractivity contribution in [1.29, 1.82) is 0 Å². The molecule has 1 aromatic heterocycles. The molecule has 1 saturated carbocycles. The summed E-state index contributed by atoms with van der Waals surface area (Å²) >= 11 is 0. The Kier molecular flexibility index (Phi) is 3.22. The van der Waals surface area contributed by atoms with E-state index in [2.05, 4.69) is 42.0 Å². The van der Waals surface area contributed by atoms with Gasteiger partial charge in [-0.1, -0.05) is 26.7 Å². The van der Waals surface area contributed by atoms with Gasteiger partial charge in [-0.3, -0.25) is 0 Å². The first-order valence-corrected chi connectivity index (χ1v) is 6.34. The lowest BCUT2D eigenvalue weighted by molar-refractivity contribution is 0.252. The van der Waals surface area contributed by atoms with Gasteiger partial charge < -0.3 is 9.88 Å². The van der Waals surface area contributed by atoms with Crippen LogP contribution in [0.25, 0.3) is 0 Å². The maximum absolute atomic E-state index is 4.52. The topological polar surface area (TPSA) is 29.9 Å². The zero-order valence-corrected chi connectivity index (χ0v) is 10.8. The molecule has 1 aromatic rings.